The van der Waals surface area contributed by atoms with E-state index in [9.17, 15) is 0 Å². The van der Waals surface area contributed by atoms with Gasteiger partial charge >= 0.3 is 0 Å². The molecule has 20 heavy (non-hydrogen) atoms. The Labute approximate surface area is 124 Å². The molecule has 1 aliphatic carbocycles. The van der Waals surface area contributed by atoms with E-state index in [2.05, 4.69) is 62.2 Å². The highest BCUT2D eigenvalue weighted by atomic mass is 15.2. The number of fused-ring (bicyclic) bond motifs is 1. The minimum Gasteiger partial charge on any atom is -0.309 e. The predicted molar refractivity (Wildman–Crippen MR) is 87.1 cm³/mol. The van der Waals surface area contributed by atoms with Crippen molar-refractivity contribution in [1.82, 2.24) is 10.2 Å². The lowest BCUT2D eigenvalue weighted by molar-refractivity contribution is 0.124. The Kier molecular flexibility index (Phi) is 5.62. The van der Waals surface area contributed by atoms with E-state index in [1.165, 1.54) is 30.4 Å². The molecule has 3 unspecified atom stereocenters. The first-order valence-electron chi connectivity index (χ1n) is 8.29. The number of rotatable bonds is 7. The summed E-state index contributed by atoms with van der Waals surface area (Å²) in [6.45, 7) is 11.4. The zero-order valence-corrected chi connectivity index (χ0v) is 13.5. The highest BCUT2D eigenvalue weighted by Crippen LogP contribution is 2.35. The summed E-state index contributed by atoms with van der Waals surface area (Å²) in [5.74, 6) is 0. The fourth-order valence-electron chi connectivity index (χ4n) is 3.54. The van der Waals surface area contributed by atoms with Gasteiger partial charge in [-0.15, -0.1) is 0 Å². The maximum atomic E-state index is 3.79. The van der Waals surface area contributed by atoms with Gasteiger partial charge < -0.3 is 5.32 Å². The van der Waals surface area contributed by atoms with Crippen LogP contribution in [-0.2, 0) is 6.42 Å². The van der Waals surface area contributed by atoms with Crippen LogP contribution < -0.4 is 5.32 Å². The van der Waals surface area contributed by atoms with Crippen LogP contribution in [-0.4, -0.2) is 30.1 Å². The molecule has 0 bridgehead atoms. The third kappa shape index (κ3) is 3.07. The number of benzene rings is 1. The molecule has 0 saturated heterocycles. The Bertz CT molecular complexity index is 416. The smallest absolute Gasteiger partial charge is 0.0484 e. The minimum absolute atomic E-state index is 0.500. The summed E-state index contributed by atoms with van der Waals surface area (Å²) in [5, 5.41) is 3.79. The Hall–Kier alpha value is -0.860. The van der Waals surface area contributed by atoms with Crippen molar-refractivity contribution in [2.75, 3.05) is 13.1 Å². The van der Waals surface area contributed by atoms with E-state index in [4.69, 9.17) is 0 Å². The zero-order chi connectivity index (χ0) is 14.5. The Morgan fingerprint density at radius 2 is 2.00 bits per heavy atom. The van der Waals surface area contributed by atoms with E-state index < -0.39 is 0 Å². The summed E-state index contributed by atoms with van der Waals surface area (Å²) < 4.78 is 0. The summed E-state index contributed by atoms with van der Waals surface area (Å²) in [7, 11) is 0. The van der Waals surface area contributed by atoms with Crippen LogP contribution in [0.15, 0.2) is 24.3 Å². The normalized spacial score (nSPS) is 23.1. The van der Waals surface area contributed by atoms with Gasteiger partial charge in [-0.2, -0.15) is 0 Å². The second-order valence-electron chi connectivity index (χ2n) is 5.99. The highest BCUT2D eigenvalue weighted by Gasteiger charge is 2.36. The van der Waals surface area contributed by atoms with Gasteiger partial charge in [-0.3, -0.25) is 4.90 Å². The van der Waals surface area contributed by atoms with Crippen LogP contribution in [0.5, 0.6) is 0 Å². The quantitative estimate of drug-likeness (QED) is 0.814. The number of nitrogens with one attached hydrogen (secondary N) is 1. The molecule has 1 aromatic rings. The average Bonchev–Trinajstić information content (AvgIpc) is 2.84. The summed E-state index contributed by atoms with van der Waals surface area (Å²) in [6, 6.07) is 10.7. The molecule has 0 aliphatic heterocycles. The summed E-state index contributed by atoms with van der Waals surface area (Å²) in [6.07, 6.45) is 3.61. The van der Waals surface area contributed by atoms with Crippen LogP contribution in [0.2, 0.25) is 0 Å². The molecule has 1 aliphatic rings. The predicted octanol–water partition coefficient (Wildman–Crippen LogP) is 3.77. The van der Waals surface area contributed by atoms with Crippen molar-refractivity contribution in [3.63, 3.8) is 0 Å². The van der Waals surface area contributed by atoms with Crippen molar-refractivity contribution in [2.45, 2.75) is 65.1 Å². The fraction of sp³-hybridized carbons (Fsp3) is 0.667. The van der Waals surface area contributed by atoms with E-state index in [1.807, 2.05) is 0 Å². The molecule has 0 radical (unpaired) electrons. The zero-order valence-electron chi connectivity index (χ0n) is 13.5. The summed E-state index contributed by atoms with van der Waals surface area (Å²) in [4.78, 5) is 2.69. The van der Waals surface area contributed by atoms with Crippen molar-refractivity contribution >= 4 is 0 Å². The summed E-state index contributed by atoms with van der Waals surface area (Å²) in [5.41, 5.74) is 3.06. The molecule has 0 amide bonds. The molecule has 1 aromatic carbocycles. The number of likely N-dealkylation sites (N-methyl/N-ethyl adjacent to an activating group) is 1. The van der Waals surface area contributed by atoms with Crippen molar-refractivity contribution < 1.29 is 0 Å². The average molecular weight is 274 g/mol. The number of nitrogens with zero attached hydrogens (tertiary/aromatic N) is 1. The number of hydrogen-bond acceptors (Lipinski definition) is 2. The molecular formula is C18H30N2. The molecule has 2 nitrogen and oxygen atoms in total. The molecule has 2 rings (SSSR count). The molecule has 0 fully saturated rings. The van der Waals surface area contributed by atoms with Crippen molar-refractivity contribution in [3.8, 4) is 0 Å². The Balaban J connectivity index is 2.24. The third-order valence-electron chi connectivity index (χ3n) is 4.77. The van der Waals surface area contributed by atoms with Gasteiger partial charge in [0.15, 0.2) is 0 Å². The SMILES string of the molecule is CCCNC1c2ccccc2CC1N(CC)C(C)CC. The molecule has 0 heterocycles. The van der Waals surface area contributed by atoms with Gasteiger partial charge in [0.05, 0.1) is 0 Å². The van der Waals surface area contributed by atoms with E-state index >= 15 is 0 Å². The molecule has 2 heteroatoms. The van der Waals surface area contributed by atoms with Crippen LogP contribution in [0.1, 0.15) is 57.7 Å². The van der Waals surface area contributed by atoms with Gasteiger partial charge in [0.2, 0.25) is 0 Å². The molecule has 0 aromatic heterocycles. The lowest BCUT2D eigenvalue weighted by Gasteiger charge is -2.37. The Morgan fingerprint density at radius 3 is 2.65 bits per heavy atom. The van der Waals surface area contributed by atoms with Crippen molar-refractivity contribution in [2.24, 2.45) is 0 Å². The number of hydrogen-bond donors (Lipinski definition) is 1. The van der Waals surface area contributed by atoms with E-state index in [0.717, 1.165) is 13.1 Å². The first-order valence-corrected chi connectivity index (χ1v) is 8.29. The van der Waals surface area contributed by atoms with Crippen LogP contribution >= 0.6 is 0 Å². The molecule has 112 valence electrons. The third-order valence-corrected chi connectivity index (χ3v) is 4.77. The van der Waals surface area contributed by atoms with Gasteiger partial charge in [0.25, 0.3) is 0 Å². The van der Waals surface area contributed by atoms with Crippen molar-refractivity contribution in [3.05, 3.63) is 35.4 Å². The molecule has 1 N–H and O–H groups in total. The van der Waals surface area contributed by atoms with Gasteiger partial charge in [-0.25, -0.2) is 0 Å². The topological polar surface area (TPSA) is 15.3 Å². The van der Waals surface area contributed by atoms with E-state index in [1.54, 1.807) is 0 Å². The van der Waals surface area contributed by atoms with Gasteiger partial charge in [0, 0.05) is 18.1 Å². The Morgan fingerprint density at radius 1 is 1.25 bits per heavy atom. The largest absolute Gasteiger partial charge is 0.309 e. The van der Waals surface area contributed by atoms with Crippen molar-refractivity contribution in [1.29, 1.82) is 0 Å². The van der Waals surface area contributed by atoms with E-state index in [0.29, 0.717) is 18.1 Å². The molecular weight excluding hydrogens is 244 g/mol. The first kappa shape index (κ1) is 15.5. The summed E-state index contributed by atoms with van der Waals surface area (Å²) >= 11 is 0. The first-order chi connectivity index (χ1) is 9.72. The van der Waals surface area contributed by atoms with Gasteiger partial charge in [-0.1, -0.05) is 45.0 Å². The molecule has 0 spiro atoms. The monoisotopic (exact) mass is 274 g/mol. The van der Waals surface area contributed by atoms with Crippen LogP contribution in [0.4, 0.5) is 0 Å². The lowest BCUT2D eigenvalue weighted by Crippen LogP contribution is -2.47. The highest BCUT2D eigenvalue weighted by molar-refractivity contribution is 5.37. The second-order valence-corrected chi connectivity index (χ2v) is 5.99. The van der Waals surface area contributed by atoms with Crippen LogP contribution in [0.25, 0.3) is 0 Å². The van der Waals surface area contributed by atoms with Gasteiger partial charge in [-0.05, 0) is 50.4 Å². The molecule has 0 saturated carbocycles. The maximum Gasteiger partial charge on any atom is 0.0484 e. The minimum atomic E-state index is 0.500. The second kappa shape index (κ2) is 7.24. The van der Waals surface area contributed by atoms with Crippen LogP contribution in [0, 0.1) is 0 Å². The van der Waals surface area contributed by atoms with Crippen LogP contribution in [0.3, 0.4) is 0 Å². The van der Waals surface area contributed by atoms with E-state index in [-0.39, 0.29) is 0 Å². The maximum absolute atomic E-state index is 3.79. The van der Waals surface area contributed by atoms with Gasteiger partial charge in [0.1, 0.15) is 0 Å². The fourth-order valence-corrected chi connectivity index (χ4v) is 3.54. The lowest BCUT2D eigenvalue weighted by atomic mass is 10.0. The molecule has 3 atom stereocenters. The standard InChI is InChI=1S/C18H30N2/c1-5-12-19-18-16-11-9-8-10-15(16)13-17(18)20(7-3)14(4)6-2/h8-11,14,17-19H,5-7,12-13H2,1-4H3.